The minimum atomic E-state index is 0.626. The number of hydrogen-bond acceptors (Lipinski definition) is 8. The van der Waals surface area contributed by atoms with E-state index in [0.717, 1.165) is 54.6 Å². The third kappa shape index (κ3) is 3.15. The van der Waals surface area contributed by atoms with E-state index in [2.05, 4.69) is 24.1 Å². The van der Waals surface area contributed by atoms with Gasteiger partial charge >= 0.3 is 0 Å². The minimum absolute atomic E-state index is 0.626. The lowest BCUT2D eigenvalue weighted by atomic mass is 10.3. The number of aromatic nitrogens is 4. The summed E-state index contributed by atoms with van der Waals surface area (Å²) in [5, 5.41) is 1.07. The Kier molecular flexibility index (Phi) is 3.99. The van der Waals surface area contributed by atoms with Crippen LogP contribution >= 0.6 is 11.5 Å². The first-order valence-electron chi connectivity index (χ1n) is 8.46. The van der Waals surface area contributed by atoms with Gasteiger partial charge in [-0.2, -0.15) is 9.36 Å². The van der Waals surface area contributed by atoms with E-state index in [1.165, 1.54) is 24.4 Å². The average molecular weight is 345 g/mol. The molecule has 0 amide bonds. The number of anilines is 3. The van der Waals surface area contributed by atoms with Crippen molar-refractivity contribution >= 4 is 28.4 Å². The maximum atomic E-state index is 4.72. The summed E-state index contributed by atoms with van der Waals surface area (Å²) in [4.78, 5) is 20.6. The van der Waals surface area contributed by atoms with Gasteiger partial charge in [0.2, 0.25) is 11.1 Å². The maximum Gasteiger partial charge on any atom is 0.227 e. The number of nitrogens with zero attached hydrogens (tertiary/aromatic N) is 7. The van der Waals surface area contributed by atoms with Crippen molar-refractivity contribution < 1.29 is 0 Å². The molecule has 0 N–H and O–H groups in total. The van der Waals surface area contributed by atoms with Gasteiger partial charge in [0.05, 0.1) is 0 Å². The molecule has 2 fully saturated rings. The van der Waals surface area contributed by atoms with Crippen molar-refractivity contribution in [1.29, 1.82) is 0 Å². The monoisotopic (exact) mass is 345 g/mol. The highest BCUT2D eigenvalue weighted by molar-refractivity contribution is 7.09. The van der Waals surface area contributed by atoms with Gasteiger partial charge in [0, 0.05) is 69.5 Å². The van der Waals surface area contributed by atoms with Crippen LogP contribution in [0.4, 0.5) is 16.9 Å². The van der Waals surface area contributed by atoms with Gasteiger partial charge in [-0.1, -0.05) is 0 Å². The van der Waals surface area contributed by atoms with Gasteiger partial charge in [-0.15, -0.1) is 0 Å². The Bertz CT molecular complexity index is 717. The van der Waals surface area contributed by atoms with Crippen LogP contribution in [0.25, 0.3) is 0 Å². The van der Waals surface area contributed by atoms with Crippen LogP contribution in [0, 0.1) is 6.92 Å². The van der Waals surface area contributed by atoms with Crippen LogP contribution in [0.1, 0.15) is 30.3 Å². The zero-order chi connectivity index (χ0) is 16.7. The second-order valence-electron chi connectivity index (χ2n) is 6.75. The highest BCUT2D eigenvalue weighted by Crippen LogP contribution is 2.39. The molecule has 1 aliphatic carbocycles. The first-order chi connectivity index (χ1) is 11.6. The van der Waals surface area contributed by atoms with Gasteiger partial charge in [0.25, 0.3) is 0 Å². The van der Waals surface area contributed by atoms with Crippen molar-refractivity contribution in [2.75, 3.05) is 55.0 Å². The van der Waals surface area contributed by atoms with E-state index in [1.807, 2.05) is 32.0 Å². The normalized spacial score (nSPS) is 18.1. The first kappa shape index (κ1) is 15.6. The van der Waals surface area contributed by atoms with E-state index in [4.69, 9.17) is 4.98 Å². The molecule has 0 atom stereocenters. The third-order valence-corrected chi connectivity index (χ3v) is 5.28. The molecule has 7 nitrogen and oxygen atoms in total. The largest absolute Gasteiger partial charge is 0.363 e. The lowest BCUT2D eigenvalue weighted by Crippen LogP contribution is -2.47. The Hall–Kier alpha value is -1.96. The molecule has 3 heterocycles. The Labute approximate surface area is 146 Å². The van der Waals surface area contributed by atoms with Crippen molar-refractivity contribution in [2.24, 2.45) is 0 Å². The van der Waals surface area contributed by atoms with Crippen molar-refractivity contribution in [1.82, 2.24) is 19.3 Å². The Morgan fingerprint density at radius 1 is 1.04 bits per heavy atom. The van der Waals surface area contributed by atoms with Crippen molar-refractivity contribution in [3.05, 3.63) is 17.6 Å². The second-order valence-corrected chi connectivity index (χ2v) is 7.48. The number of rotatable bonds is 4. The van der Waals surface area contributed by atoms with Crippen LogP contribution in [-0.2, 0) is 0 Å². The Morgan fingerprint density at radius 3 is 2.42 bits per heavy atom. The topological polar surface area (TPSA) is 61.3 Å². The standard InChI is InChI=1S/C16H23N7S/c1-11-10-13(21(2)3)18-15(17-11)22-6-8-23(9-7-22)16-19-14(20-24-16)12-4-5-12/h10,12H,4-9H2,1-3H3. The summed E-state index contributed by atoms with van der Waals surface area (Å²) < 4.78 is 4.52. The molecule has 2 aromatic heterocycles. The molecule has 0 bridgehead atoms. The average Bonchev–Trinajstić information content (AvgIpc) is 3.31. The predicted molar refractivity (Wildman–Crippen MR) is 97.4 cm³/mol. The van der Waals surface area contributed by atoms with Crippen LogP contribution in [0.3, 0.4) is 0 Å². The zero-order valence-electron chi connectivity index (χ0n) is 14.4. The van der Waals surface area contributed by atoms with E-state index in [1.54, 1.807) is 0 Å². The van der Waals surface area contributed by atoms with E-state index in [-0.39, 0.29) is 0 Å². The van der Waals surface area contributed by atoms with Crippen molar-refractivity contribution in [3.63, 3.8) is 0 Å². The minimum Gasteiger partial charge on any atom is -0.363 e. The summed E-state index contributed by atoms with van der Waals surface area (Å²) in [6.07, 6.45) is 2.51. The summed E-state index contributed by atoms with van der Waals surface area (Å²) in [6, 6.07) is 2.01. The molecule has 2 aliphatic rings. The fourth-order valence-electron chi connectivity index (χ4n) is 2.87. The van der Waals surface area contributed by atoms with Crippen molar-refractivity contribution in [3.8, 4) is 0 Å². The van der Waals surface area contributed by atoms with Gasteiger partial charge < -0.3 is 14.7 Å². The summed E-state index contributed by atoms with van der Waals surface area (Å²) in [6.45, 7) is 5.72. The molecule has 8 heteroatoms. The molecule has 128 valence electrons. The molecule has 0 unspecified atom stereocenters. The zero-order valence-corrected chi connectivity index (χ0v) is 15.3. The van der Waals surface area contributed by atoms with Gasteiger partial charge in [0.1, 0.15) is 11.6 Å². The van der Waals surface area contributed by atoms with E-state index < -0.39 is 0 Å². The Balaban J connectivity index is 1.43. The predicted octanol–water partition coefficient (Wildman–Crippen LogP) is 1.91. The van der Waals surface area contributed by atoms with E-state index in [9.17, 15) is 0 Å². The Morgan fingerprint density at radius 2 is 1.75 bits per heavy atom. The molecule has 24 heavy (non-hydrogen) atoms. The molecule has 2 aromatic rings. The molecule has 0 radical (unpaired) electrons. The summed E-state index contributed by atoms with van der Waals surface area (Å²) in [5.74, 6) is 3.46. The quantitative estimate of drug-likeness (QED) is 0.839. The van der Waals surface area contributed by atoms with Gasteiger partial charge in [0.15, 0.2) is 0 Å². The van der Waals surface area contributed by atoms with Crippen LogP contribution in [0.2, 0.25) is 0 Å². The van der Waals surface area contributed by atoms with Crippen LogP contribution in [0.5, 0.6) is 0 Å². The molecular weight excluding hydrogens is 322 g/mol. The number of hydrogen-bond donors (Lipinski definition) is 0. The van der Waals surface area contributed by atoms with Crippen LogP contribution < -0.4 is 14.7 Å². The molecule has 1 aliphatic heterocycles. The van der Waals surface area contributed by atoms with Gasteiger partial charge in [-0.25, -0.2) is 9.97 Å². The smallest absolute Gasteiger partial charge is 0.227 e. The van der Waals surface area contributed by atoms with Crippen LogP contribution in [0.15, 0.2) is 6.07 Å². The molecule has 0 aromatic carbocycles. The molecule has 1 saturated carbocycles. The highest BCUT2D eigenvalue weighted by atomic mass is 32.1. The number of aryl methyl sites for hydroxylation is 1. The summed E-state index contributed by atoms with van der Waals surface area (Å²) in [7, 11) is 4.02. The SMILES string of the molecule is Cc1cc(N(C)C)nc(N2CCN(c3nc(C4CC4)ns3)CC2)n1. The lowest BCUT2D eigenvalue weighted by Gasteiger charge is -2.34. The van der Waals surface area contributed by atoms with Gasteiger partial charge in [-0.05, 0) is 19.8 Å². The second kappa shape index (κ2) is 6.16. The summed E-state index contributed by atoms with van der Waals surface area (Å²) in [5.41, 5.74) is 1.00. The highest BCUT2D eigenvalue weighted by Gasteiger charge is 2.29. The lowest BCUT2D eigenvalue weighted by molar-refractivity contribution is 0.637. The van der Waals surface area contributed by atoms with E-state index in [0.29, 0.717) is 5.92 Å². The molecule has 0 spiro atoms. The van der Waals surface area contributed by atoms with Crippen molar-refractivity contribution in [2.45, 2.75) is 25.7 Å². The third-order valence-electron chi connectivity index (χ3n) is 4.49. The molecular formula is C16H23N7S. The fraction of sp³-hybridized carbons (Fsp3) is 0.625. The molecule has 1 saturated heterocycles. The van der Waals surface area contributed by atoms with Crippen LogP contribution in [-0.4, -0.2) is 59.6 Å². The maximum absolute atomic E-state index is 4.72. The summed E-state index contributed by atoms with van der Waals surface area (Å²) >= 11 is 1.54. The fourth-order valence-corrected chi connectivity index (χ4v) is 3.66. The number of piperazine rings is 1. The van der Waals surface area contributed by atoms with Gasteiger partial charge in [-0.3, -0.25) is 0 Å². The first-order valence-corrected chi connectivity index (χ1v) is 9.24. The van der Waals surface area contributed by atoms with E-state index >= 15 is 0 Å². The molecule has 4 rings (SSSR count).